The van der Waals surface area contributed by atoms with Crippen LogP contribution in [0, 0.1) is 5.82 Å². The number of anilines is 2. The van der Waals surface area contributed by atoms with Gasteiger partial charge < -0.3 is 16.4 Å². The molecule has 0 spiro atoms. The van der Waals surface area contributed by atoms with Gasteiger partial charge in [-0.2, -0.15) is 5.10 Å². The molecule has 0 unspecified atom stereocenters. The van der Waals surface area contributed by atoms with E-state index in [-0.39, 0.29) is 11.7 Å². The average molecular weight is 369 g/mol. The molecule has 1 amide bonds. The Morgan fingerprint density at radius 2 is 2.00 bits per heavy atom. The van der Waals surface area contributed by atoms with Crippen molar-refractivity contribution in [2.45, 2.75) is 12.5 Å². The zero-order valence-electron chi connectivity index (χ0n) is 15.0. The van der Waals surface area contributed by atoms with E-state index >= 15 is 0 Å². The second kappa shape index (κ2) is 7.92. The highest BCUT2D eigenvalue weighted by atomic mass is 19.1. The van der Waals surface area contributed by atoms with E-state index in [0.717, 1.165) is 5.56 Å². The maximum Gasteiger partial charge on any atom is 0.242 e. The number of nitrogens with two attached hydrogens (primary N) is 1. The van der Waals surface area contributed by atoms with Gasteiger partial charge >= 0.3 is 0 Å². The first-order valence-corrected chi connectivity index (χ1v) is 8.32. The average Bonchev–Trinajstić information content (AvgIpc) is 3.04. The third kappa shape index (κ3) is 4.45. The first-order valence-electron chi connectivity index (χ1n) is 8.32. The lowest BCUT2D eigenvalue weighted by Gasteiger charge is -2.12. The largest absolute Gasteiger partial charge is 0.357 e. The molecular weight excluding hydrogens is 349 g/mol. The van der Waals surface area contributed by atoms with Crippen LogP contribution >= 0.6 is 0 Å². The van der Waals surface area contributed by atoms with Gasteiger partial charge in [0, 0.05) is 26.4 Å². The quantitative estimate of drug-likeness (QED) is 0.608. The van der Waals surface area contributed by atoms with E-state index in [1.165, 1.54) is 12.1 Å². The summed E-state index contributed by atoms with van der Waals surface area (Å²) >= 11 is 0. The van der Waals surface area contributed by atoms with E-state index in [9.17, 15) is 9.18 Å². The molecule has 0 aliphatic carbocycles. The van der Waals surface area contributed by atoms with Crippen molar-refractivity contribution in [3.63, 3.8) is 0 Å². The van der Waals surface area contributed by atoms with E-state index in [1.54, 1.807) is 49.2 Å². The van der Waals surface area contributed by atoms with Crippen LogP contribution < -0.4 is 16.4 Å². The Labute approximate surface area is 155 Å². The van der Waals surface area contributed by atoms with Crippen molar-refractivity contribution in [2.75, 3.05) is 17.7 Å². The Kier molecular flexibility index (Phi) is 5.41. The van der Waals surface area contributed by atoms with Gasteiger partial charge in [-0.3, -0.25) is 9.48 Å². The first kappa shape index (κ1) is 18.5. The second-order valence-corrected chi connectivity index (χ2v) is 5.98. The number of hydrogen-bond acceptors (Lipinski definition) is 6. The Hall–Kier alpha value is -3.33. The van der Waals surface area contributed by atoms with Crippen LogP contribution in [0.5, 0.6) is 0 Å². The highest BCUT2D eigenvalue weighted by Crippen LogP contribution is 2.20. The second-order valence-electron chi connectivity index (χ2n) is 5.98. The van der Waals surface area contributed by atoms with Crippen LogP contribution in [0.2, 0.25) is 0 Å². The molecule has 0 saturated heterocycles. The molecule has 4 N–H and O–H groups in total. The van der Waals surface area contributed by atoms with Gasteiger partial charge in [0.15, 0.2) is 0 Å². The Morgan fingerprint density at radius 3 is 2.70 bits per heavy atom. The molecule has 2 heterocycles. The van der Waals surface area contributed by atoms with Gasteiger partial charge in [0.25, 0.3) is 0 Å². The summed E-state index contributed by atoms with van der Waals surface area (Å²) in [5, 5.41) is 9.99. The van der Waals surface area contributed by atoms with Crippen LogP contribution in [-0.4, -0.2) is 38.7 Å². The first-order chi connectivity index (χ1) is 13.0. The number of carbonyl (C=O) groups is 1. The minimum atomic E-state index is -0.774. The maximum absolute atomic E-state index is 13.0. The van der Waals surface area contributed by atoms with Crippen molar-refractivity contribution in [3.05, 3.63) is 54.0 Å². The number of rotatable bonds is 6. The molecule has 3 rings (SSSR count). The monoisotopic (exact) mass is 369 g/mol. The van der Waals surface area contributed by atoms with Gasteiger partial charge in [-0.05, 0) is 30.2 Å². The molecule has 0 fully saturated rings. The minimum absolute atomic E-state index is 0.300. The minimum Gasteiger partial charge on any atom is -0.357 e. The summed E-state index contributed by atoms with van der Waals surface area (Å²) in [5.74, 6) is 0.289. The molecular formula is C18H20FN7O. The highest BCUT2D eigenvalue weighted by molar-refractivity contribution is 5.94. The molecule has 3 aromatic rings. The lowest BCUT2D eigenvalue weighted by Crippen LogP contribution is -2.37. The molecule has 8 nitrogen and oxygen atoms in total. The molecule has 0 radical (unpaired) electrons. The number of carbonyl (C=O) groups excluding carboxylic acids is 1. The number of halogens is 1. The molecule has 0 aliphatic heterocycles. The molecule has 1 atom stereocenters. The van der Waals surface area contributed by atoms with Gasteiger partial charge in [-0.15, -0.1) is 0 Å². The van der Waals surface area contributed by atoms with Crippen molar-refractivity contribution in [1.82, 2.24) is 19.7 Å². The van der Waals surface area contributed by atoms with E-state index in [1.807, 2.05) is 0 Å². The van der Waals surface area contributed by atoms with E-state index in [0.29, 0.717) is 29.6 Å². The van der Waals surface area contributed by atoms with Crippen LogP contribution in [0.1, 0.15) is 5.56 Å². The van der Waals surface area contributed by atoms with Crippen LogP contribution in [0.4, 0.5) is 16.2 Å². The van der Waals surface area contributed by atoms with Crippen LogP contribution in [0.25, 0.3) is 11.4 Å². The van der Waals surface area contributed by atoms with Crippen molar-refractivity contribution >= 4 is 17.7 Å². The third-order valence-corrected chi connectivity index (χ3v) is 3.98. The van der Waals surface area contributed by atoms with E-state index in [4.69, 9.17) is 5.73 Å². The smallest absolute Gasteiger partial charge is 0.242 e. The topological polar surface area (TPSA) is 111 Å². The van der Waals surface area contributed by atoms with Gasteiger partial charge in [0.2, 0.25) is 11.9 Å². The van der Waals surface area contributed by atoms with Crippen molar-refractivity contribution < 1.29 is 9.18 Å². The molecule has 140 valence electrons. The molecule has 0 aliphatic rings. The Bertz CT molecular complexity index is 939. The molecule has 0 bridgehead atoms. The zero-order valence-corrected chi connectivity index (χ0v) is 15.0. The predicted octanol–water partition coefficient (Wildman–Crippen LogP) is 1.57. The van der Waals surface area contributed by atoms with Crippen molar-refractivity contribution in [2.24, 2.45) is 12.8 Å². The lowest BCUT2D eigenvalue weighted by atomic mass is 10.1. The molecule has 1 aromatic carbocycles. The predicted molar refractivity (Wildman–Crippen MR) is 100 cm³/mol. The van der Waals surface area contributed by atoms with E-state index in [2.05, 4.69) is 25.7 Å². The molecule has 0 saturated carbocycles. The third-order valence-electron chi connectivity index (χ3n) is 3.98. The maximum atomic E-state index is 13.0. The molecule has 9 heteroatoms. The van der Waals surface area contributed by atoms with Gasteiger partial charge in [-0.25, -0.2) is 14.4 Å². The fraction of sp³-hybridized carbons (Fsp3) is 0.222. The number of nitrogens with zero attached hydrogens (tertiary/aromatic N) is 4. The zero-order chi connectivity index (χ0) is 19.4. The van der Waals surface area contributed by atoms with Gasteiger partial charge in [-0.1, -0.05) is 12.1 Å². The number of aromatic nitrogens is 4. The summed E-state index contributed by atoms with van der Waals surface area (Å²) in [7, 11) is 3.44. The van der Waals surface area contributed by atoms with E-state index < -0.39 is 6.04 Å². The summed E-state index contributed by atoms with van der Waals surface area (Å²) in [5.41, 5.74) is 7.98. The summed E-state index contributed by atoms with van der Waals surface area (Å²) in [6, 6.07) is 8.57. The summed E-state index contributed by atoms with van der Waals surface area (Å²) in [6.07, 6.45) is 1.92. The SMILES string of the molecule is CNc1nccc(-c2cc(NC(=O)[C@@H](N)Cc3ccc(F)cc3)n(C)n2)n1. The summed E-state index contributed by atoms with van der Waals surface area (Å²) in [4.78, 5) is 20.8. The molecule has 2 aromatic heterocycles. The van der Waals surface area contributed by atoms with Crippen LogP contribution in [0.15, 0.2) is 42.6 Å². The number of amides is 1. The van der Waals surface area contributed by atoms with Gasteiger partial charge in [0.1, 0.15) is 17.3 Å². The number of benzene rings is 1. The number of hydrogen-bond donors (Lipinski definition) is 3. The normalized spacial score (nSPS) is 11.9. The molecule has 27 heavy (non-hydrogen) atoms. The van der Waals surface area contributed by atoms with Crippen molar-refractivity contribution in [3.8, 4) is 11.4 Å². The van der Waals surface area contributed by atoms with Gasteiger partial charge in [0.05, 0.1) is 11.7 Å². The lowest BCUT2D eigenvalue weighted by molar-refractivity contribution is -0.117. The fourth-order valence-corrected chi connectivity index (χ4v) is 2.52. The highest BCUT2D eigenvalue weighted by Gasteiger charge is 2.17. The standard InChI is InChI=1S/C18H20FN7O/c1-21-18-22-8-7-14(23-18)15-10-16(26(2)25-15)24-17(27)13(20)9-11-3-5-12(19)6-4-11/h3-8,10,13H,9,20H2,1-2H3,(H,24,27)(H,21,22,23)/t13-/m0/s1. The van der Waals surface area contributed by atoms with Crippen LogP contribution in [-0.2, 0) is 18.3 Å². The Morgan fingerprint density at radius 1 is 1.26 bits per heavy atom. The Balaban J connectivity index is 1.70. The van der Waals surface area contributed by atoms with Crippen LogP contribution in [0.3, 0.4) is 0 Å². The number of nitrogens with one attached hydrogen (secondary N) is 2. The summed E-state index contributed by atoms with van der Waals surface area (Å²) < 4.78 is 14.5. The fourth-order valence-electron chi connectivity index (χ4n) is 2.52. The summed E-state index contributed by atoms with van der Waals surface area (Å²) in [6.45, 7) is 0. The number of aryl methyl sites for hydroxylation is 1. The van der Waals surface area contributed by atoms with Crippen molar-refractivity contribution in [1.29, 1.82) is 0 Å².